The summed E-state index contributed by atoms with van der Waals surface area (Å²) in [6.07, 6.45) is 1.41. The van der Waals surface area contributed by atoms with Crippen LogP contribution in [-0.4, -0.2) is 36.5 Å². The zero-order valence-electron chi connectivity index (χ0n) is 11.6. The molecule has 1 amide bonds. The van der Waals surface area contributed by atoms with Gasteiger partial charge in [0.2, 0.25) is 5.91 Å². The van der Waals surface area contributed by atoms with Crippen LogP contribution in [0.4, 0.5) is 8.78 Å². The Hall–Kier alpha value is -1.75. The van der Waals surface area contributed by atoms with Gasteiger partial charge in [0.1, 0.15) is 11.6 Å². The molecule has 1 aromatic rings. The first-order chi connectivity index (χ1) is 9.49. The fourth-order valence-corrected chi connectivity index (χ4v) is 2.32. The Morgan fingerprint density at radius 2 is 2.20 bits per heavy atom. The van der Waals surface area contributed by atoms with Gasteiger partial charge in [0.15, 0.2) is 0 Å². The monoisotopic (exact) mass is 280 g/mol. The van der Waals surface area contributed by atoms with Gasteiger partial charge in [-0.25, -0.2) is 8.78 Å². The lowest BCUT2D eigenvalue weighted by Crippen LogP contribution is -2.51. The minimum Gasteiger partial charge on any atom is -0.334 e. The number of rotatable bonds is 2. The molecule has 0 aliphatic carbocycles. The second-order valence-electron chi connectivity index (χ2n) is 5.04. The van der Waals surface area contributed by atoms with Crippen LogP contribution in [0.25, 0.3) is 5.57 Å². The number of nitrogens with zero attached hydrogens (tertiary/aromatic N) is 1. The minimum absolute atomic E-state index is 0.110. The highest BCUT2D eigenvalue weighted by atomic mass is 19.1. The number of hydrogen-bond acceptors (Lipinski definition) is 2. The summed E-state index contributed by atoms with van der Waals surface area (Å²) in [6, 6.07) is 3.47. The largest absolute Gasteiger partial charge is 0.334 e. The molecule has 1 atom stereocenters. The molecule has 0 saturated carbocycles. The first kappa shape index (κ1) is 14.7. The number of allylic oxidation sites excluding steroid dienone is 1. The third-order valence-electron chi connectivity index (χ3n) is 3.48. The van der Waals surface area contributed by atoms with Gasteiger partial charge in [0, 0.05) is 43.4 Å². The number of amides is 1. The lowest BCUT2D eigenvalue weighted by Gasteiger charge is -2.33. The molecule has 1 aliphatic rings. The summed E-state index contributed by atoms with van der Waals surface area (Å²) in [7, 11) is 0. The average Bonchev–Trinajstić information content (AvgIpc) is 2.38. The molecular weight excluding hydrogens is 262 g/mol. The molecule has 1 aromatic carbocycles. The van der Waals surface area contributed by atoms with Crippen LogP contribution in [0, 0.1) is 11.6 Å². The normalized spacial score (nSPS) is 20.1. The topological polar surface area (TPSA) is 32.3 Å². The van der Waals surface area contributed by atoms with E-state index in [1.165, 1.54) is 18.2 Å². The van der Waals surface area contributed by atoms with Crippen LogP contribution in [0.5, 0.6) is 0 Å². The van der Waals surface area contributed by atoms with Crippen molar-refractivity contribution < 1.29 is 13.6 Å². The summed E-state index contributed by atoms with van der Waals surface area (Å²) in [5, 5.41) is 3.20. The van der Waals surface area contributed by atoms with Gasteiger partial charge in [-0.05, 0) is 31.6 Å². The molecule has 5 heteroatoms. The van der Waals surface area contributed by atoms with Crippen molar-refractivity contribution in [1.82, 2.24) is 10.2 Å². The molecule has 3 nitrogen and oxygen atoms in total. The van der Waals surface area contributed by atoms with Gasteiger partial charge in [-0.15, -0.1) is 0 Å². The number of piperazine rings is 1. The fourth-order valence-electron chi connectivity index (χ4n) is 2.32. The summed E-state index contributed by atoms with van der Waals surface area (Å²) >= 11 is 0. The first-order valence-electron chi connectivity index (χ1n) is 6.64. The van der Waals surface area contributed by atoms with Crippen LogP contribution in [0.2, 0.25) is 0 Å². The van der Waals surface area contributed by atoms with Gasteiger partial charge >= 0.3 is 0 Å². The number of benzene rings is 1. The maximum Gasteiger partial charge on any atom is 0.247 e. The van der Waals surface area contributed by atoms with Crippen LogP contribution in [-0.2, 0) is 4.79 Å². The van der Waals surface area contributed by atoms with E-state index >= 15 is 0 Å². The van der Waals surface area contributed by atoms with E-state index in [1.807, 2.05) is 6.92 Å². The van der Waals surface area contributed by atoms with E-state index in [9.17, 15) is 13.6 Å². The molecule has 0 radical (unpaired) electrons. The molecule has 0 bridgehead atoms. The van der Waals surface area contributed by atoms with Crippen LogP contribution in [0.15, 0.2) is 24.3 Å². The van der Waals surface area contributed by atoms with Gasteiger partial charge in [-0.1, -0.05) is 0 Å². The van der Waals surface area contributed by atoms with Crippen LogP contribution in [0.1, 0.15) is 19.4 Å². The maximum absolute atomic E-state index is 13.7. The fraction of sp³-hybridized carbons (Fsp3) is 0.400. The molecule has 1 aliphatic heterocycles. The summed E-state index contributed by atoms with van der Waals surface area (Å²) in [5.74, 6) is -1.42. The highest BCUT2D eigenvalue weighted by Gasteiger charge is 2.21. The smallest absolute Gasteiger partial charge is 0.247 e. The Kier molecular flexibility index (Phi) is 4.49. The number of halogens is 2. The van der Waals surface area contributed by atoms with Crippen molar-refractivity contribution in [3.63, 3.8) is 0 Å². The molecule has 2 rings (SSSR count). The zero-order chi connectivity index (χ0) is 14.7. The molecule has 0 spiro atoms. The first-order valence-corrected chi connectivity index (χ1v) is 6.64. The lowest BCUT2D eigenvalue weighted by atomic mass is 10.1. The lowest BCUT2D eigenvalue weighted by molar-refractivity contribution is -0.128. The highest BCUT2D eigenvalue weighted by Crippen LogP contribution is 2.19. The maximum atomic E-state index is 13.7. The third kappa shape index (κ3) is 3.22. The number of hydrogen-bond donors (Lipinski definition) is 1. The highest BCUT2D eigenvalue weighted by molar-refractivity contribution is 5.95. The zero-order valence-corrected chi connectivity index (χ0v) is 11.6. The van der Waals surface area contributed by atoms with Crippen molar-refractivity contribution in [2.45, 2.75) is 19.9 Å². The second-order valence-corrected chi connectivity index (χ2v) is 5.04. The third-order valence-corrected chi connectivity index (χ3v) is 3.48. The standard InChI is InChI=1S/C15H18F2N2O/c1-10(13-4-3-12(16)8-14(13)17)7-15(20)19-6-5-18-9-11(19)2/h3-4,7-8,11,18H,5-6,9H2,1-2H3/b10-7-. The quantitative estimate of drug-likeness (QED) is 0.842. The Balaban J connectivity index is 2.18. The Bertz CT molecular complexity index is 543. The van der Waals surface area contributed by atoms with Crippen molar-refractivity contribution in [1.29, 1.82) is 0 Å². The molecular formula is C15H18F2N2O. The van der Waals surface area contributed by atoms with Gasteiger partial charge in [0.05, 0.1) is 0 Å². The number of carbonyl (C=O) groups excluding carboxylic acids is 1. The van der Waals surface area contributed by atoms with Crippen molar-refractivity contribution in [3.8, 4) is 0 Å². The molecule has 0 aromatic heterocycles. The molecule has 1 unspecified atom stereocenters. The van der Waals surface area contributed by atoms with E-state index in [1.54, 1.807) is 11.8 Å². The number of nitrogens with one attached hydrogen (secondary N) is 1. The van der Waals surface area contributed by atoms with Crippen LogP contribution < -0.4 is 5.32 Å². The molecule has 108 valence electrons. The van der Waals surface area contributed by atoms with E-state index < -0.39 is 11.6 Å². The predicted molar refractivity (Wildman–Crippen MR) is 74.1 cm³/mol. The summed E-state index contributed by atoms with van der Waals surface area (Å²) < 4.78 is 26.5. The van der Waals surface area contributed by atoms with Crippen molar-refractivity contribution in [2.24, 2.45) is 0 Å². The summed E-state index contributed by atoms with van der Waals surface area (Å²) in [6.45, 7) is 5.76. The van der Waals surface area contributed by atoms with Crippen LogP contribution in [0.3, 0.4) is 0 Å². The van der Waals surface area contributed by atoms with E-state index in [-0.39, 0.29) is 17.5 Å². The summed E-state index contributed by atoms with van der Waals surface area (Å²) in [5.41, 5.74) is 0.751. The number of carbonyl (C=O) groups is 1. The molecule has 1 saturated heterocycles. The van der Waals surface area contributed by atoms with E-state index in [4.69, 9.17) is 0 Å². The molecule has 20 heavy (non-hydrogen) atoms. The van der Waals surface area contributed by atoms with Gasteiger partial charge in [-0.3, -0.25) is 4.79 Å². The van der Waals surface area contributed by atoms with E-state index in [0.717, 1.165) is 19.2 Å². The minimum atomic E-state index is -0.653. The van der Waals surface area contributed by atoms with Gasteiger partial charge < -0.3 is 10.2 Å². The Morgan fingerprint density at radius 1 is 1.45 bits per heavy atom. The van der Waals surface area contributed by atoms with Gasteiger partial charge in [-0.2, -0.15) is 0 Å². The van der Waals surface area contributed by atoms with E-state index in [2.05, 4.69) is 5.32 Å². The van der Waals surface area contributed by atoms with Crippen molar-refractivity contribution >= 4 is 11.5 Å². The molecule has 1 N–H and O–H groups in total. The van der Waals surface area contributed by atoms with E-state index in [0.29, 0.717) is 12.1 Å². The van der Waals surface area contributed by atoms with Crippen molar-refractivity contribution in [3.05, 3.63) is 41.5 Å². The molecule has 1 heterocycles. The van der Waals surface area contributed by atoms with Gasteiger partial charge in [0.25, 0.3) is 0 Å². The second kappa shape index (κ2) is 6.13. The molecule has 1 fully saturated rings. The van der Waals surface area contributed by atoms with Crippen molar-refractivity contribution in [2.75, 3.05) is 19.6 Å². The van der Waals surface area contributed by atoms with Crippen LogP contribution >= 0.6 is 0 Å². The Labute approximate surface area is 117 Å². The SMILES string of the molecule is C/C(=C/C(=O)N1CCNCC1C)c1ccc(F)cc1F. The summed E-state index contributed by atoms with van der Waals surface area (Å²) in [4.78, 5) is 13.9. The predicted octanol–water partition coefficient (Wildman–Crippen LogP) is 2.19. The average molecular weight is 280 g/mol. The Morgan fingerprint density at radius 3 is 2.85 bits per heavy atom.